The second kappa shape index (κ2) is 12.5. The van der Waals surface area contributed by atoms with Crippen LogP contribution in [-0.2, 0) is 10.8 Å². The lowest BCUT2D eigenvalue weighted by Gasteiger charge is -2.37. The quantitative estimate of drug-likeness (QED) is 0.183. The molecule has 1 aromatic heterocycles. The Labute approximate surface area is 319 Å². The Morgan fingerprint density at radius 3 is 1.50 bits per heavy atom. The van der Waals surface area contributed by atoms with Crippen molar-refractivity contribution >= 4 is 0 Å². The summed E-state index contributed by atoms with van der Waals surface area (Å²) in [5.41, 5.74) is 20.2. The molecular weight excluding hydrogens is 653 g/mol. The molecule has 54 heavy (non-hydrogen) atoms. The van der Waals surface area contributed by atoms with Gasteiger partial charge in [0, 0.05) is 27.5 Å². The molecule has 1 heterocycles. The fourth-order valence-electron chi connectivity index (χ4n) is 10.9. The van der Waals surface area contributed by atoms with Crippen molar-refractivity contribution in [3.63, 3.8) is 0 Å². The van der Waals surface area contributed by atoms with Crippen LogP contribution in [0.4, 0.5) is 0 Å². The SMILES string of the molecule is c1ccc(-c2cc(-c3cccc(-c4ccc5c(c4)C4(CCCCC4)c4cc6c(cc4-5)C4(CCCCC4)c4ccccc4-6)c3)nc(-c3ccccc3)n2)cc1. The lowest BCUT2D eigenvalue weighted by Crippen LogP contribution is -2.29. The topological polar surface area (TPSA) is 25.8 Å². The number of hydrogen-bond donors (Lipinski definition) is 0. The van der Waals surface area contributed by atoms with Gasteiger partial charge in [-0.1, -0.05) is 154 Å². The highest BCUT2D eigenvalue weighted by atomic mass is 14.9. The van der Waals surface area contributed by atoms with E-state index in [4.69, 9.17) is 9.97 Å². The molecule has 0 saturated heterocycles. The van der Waals surface area contributed by atoms with E-state index in [0.717, 1.165) is 33.9 Å². The largest absolute Gasteiger partial charge is 0.228 e. The number of aromatic nitrogens is 2. The lowest BCUT2D eigenvalue weighted by molar-refractivity contribution is 0.350. The van der Waals surface area contributed by atoms with E-state index in [-0.39, 0.29) is 10.8 Å². The third-order valence-electron chi connectivity index (χ3n) is 13.5. The molecule has 0 N–H and O–H groups in total. The van der Waals surface area contributed by atoms with E-state index in [1.807, 2.05) is 6.07 Å². The van der Waals surface area contributed by atoms with Crippen LogP contribution >= 0.6 is 0 Å². The van der Waals surface area contributed by atoms with E-state index in [1.54, 1.807) is 22.3 Å². The van der Waals surface area contributed by atoms with E-state index >= 15 is 0 Å². The zero-order chi connectivity index (χ0) is 35.7. The van der Waals surface area contributed by atoms with Crippen molar-refractivity contribution in [3.8, 4) is 67.3 Å². The maximum absolute atomic E-state index is 5.16. The summed E-state index contributed by atoms with van der Waals surface area (Å²) in [5, 5.41) is 0. The molecule has 7 aromatic rings. The Hall–Kier alpha value is -5.60. The first kappa shape index (κ1) is 31.9. The van der Waals surface area contributed by atoms with Crippen molar-refractivity contribution in [2.75, 3.05) is 0 Å². The minimum Gasteiger partial charge on any atom is -0.228 e. The first-order valence-corrected chi connectivity index (χ1v) is 20.2. The Morgan fingerprint density at radius 2 is 0.815 bits per heavy atom. The van der Waals surface area contributed by atoms with Gasteiger partial charge in [-0.15, -0.1) is 0 Å². The van der Waals surface area contributed by atoms with Crippen molar-refractivity contribution in [2.45, 2.75) is 75.0 Å². The summed E-state index contributed by atoms with van der Waals surface area (Å²) in [5.74, 6) is 0.747. The summed E-state index contributed by atoms with van der Waals surface area (Å²) >= 11 is 0. The maximum atomic E-state index is 5.16. The minimum absolute atomic E-state index is 0.0741. The molecule has 2 saturated carbocycles. The van der Waals surface area contributed by atoms with Crippen molar-refractivity contribution in [1.82, 2.24) is 9.97 Å². The second-order valence-electron chi connectivity index (χ2n) is 16.3. The van der Waals surface area contributed by atoms with Crippen molar-refractivity contribution in [1.29, 1.82) is 0 Å². The highest BCUT2D eigenvalue weighted by Gasteiger charge is 2.48. The summed E-state index contributed by atoms with van der Waals surface area (Å²) in [4.78, 5) is 10.2. The minimum atomic E-state index is 0.0741. The first-order valence-electron chi connectivity index (χ1n) is 20.2. The molecule has 2 heteroatoms. The molecule has 11 rings (SSSR count). The highest BCUT2D eigenvalue weighted by molar-refractivity contribution is 5.91. The Bertz CT molecular complexity index is 2500. The van der Waals surface area contributed by atoms with E-state index < -0.39 is 0 Å². The number of nitrogens with zero attached hydrogens (tertiary/aromatic N) is 2. The molecule has 6 aromatic carbocycles. The number of benzene rings is 6. The van der Waals surface area contributed by atoms with Gasteiger partial charge in [-0.2, -0.15) is 0 Å². The molecular formula is C52H44N2. The third-order valence-corrected chi connectivity index (χ3v) is 13.5. The van der Waals surface area contributed by atoms with Crippen LogP contribution in [0.15, 0.2) is 146 Å². The van der Waals surface area contributed by atoms with Crippen LogP contribution in [0.3, 0.4) is 0 Å². The van der Waals surface area contributed by atoms with Gasteiger partial charge < -0.3 is 0 Å². The van der Waals surface area contributed by atoms with Crippen molar-refractivity contribution < 1.29 is 0 Å². The third kappa shape index (κ3) is 4.85. The van der Waals surface area contributed by atoms with E-state index in [0.29, 0.717) is 0 Å². The van der Waals surface area contributed by atoms with Gasteiger partial charge in [0.2, 0.25) is 0 Å². The summed E-state index contributed by atoms with van der Waals surface area (Å²) < 4.78 is 0. The second-order valence-corrected chi connectivity index (χ2v) is 16.3. The maximum Gasteiger partial charge on any atom is 0.160 e. The van der Waals surface area contributed by atoms with Gasteiger partial charge in [-0.05, 0) is 112 Å². The van der Waals surface area contributed by atoms with Crippen LogP contribution in [-0.4, -0.2) is 9.97 Å². The molecule has 0 bridgehead atoms. The zero-order valence-electron chi connectivity index (χ0n) is 30.8. The predicted molar refractivity (Wildman–Crippen MR) is 222 cm³/mol. The number of fused-ring (bicyclic) bond motifs is 10. The first-order chi connectivity index (χ1) is 26.7. The predicted octanol–water partition coefficient (Wildman–Crippen LogP) is 13.6. The fraction of sp³-hybridized carbons (Fsp3) is 0.231. The molecule has 262 valence electrons. The molecule has 4 aliphatic rings. The van der Waals surface area contributed by atoms with Gasteiger partial charge in [0.25, 0.3) is 0 Å². The summed E-state index contributed by atoms with van der Waals surface area (Å²) in [6.45, 7) is 0. The average molecular weight is 697 g/mol. The van der Waals surface area contributed by atoms with E-state index in [2.05, 4.69) is 140 Å². The molecule has 2 spiro atoms. The van der Waals surface area contributed by atoms with Gasteiger partial charge in [0.05, 0.1) is 11.4 Å². The van der Waals surface area contributed by atoms with Gasteiger partial charge in [-0.3, -0.25) is 0 Å². The molecule has 2 fully saturated rings. The summed E-state index contributed by atoms with van der Waals surface area (Å²) in [6.07, 6.45) is 12.9. The van der Waals surface area contributed by atoms with E-state index in [1.165, 1.54) is 97.6 Å². The molecule has 2 nitrogen and oxygen atoms in total. The number of rotatable bonds is 4. The average Bonchev–Trinajstić information content (AvgIpc) is 3.66. The van der Waals surface area contributed by atoms with Gasteiger partial charge in [0.1, 0.15) is 0 Å². The molecule has 0 atom stereocenters. The van der Waals surface area contributed by atoms with E-state index in [9.17, 15) is 0 Å². The van der Waals surface area contributed by atoms with Crippen LogP contribution in [0.5, 0.6) is 0 Å². The summed E-state index contributed by atoms with van der Waals surface area (Å²) in [6, 6.07) is 54.1. The molecule has 0 radical (unpaired) electrons. The van der Waals surface area contributed by atoms with Crippen LogP contribution in [0.2, 0.25) is 0 Å². The van der Waals surface area contributed by atoms with Crippen molar-refractivity contribution in [3.05, 3.63) is 168 Å². The Kier molecular flexibility index (Phi) is 7.37. The Balaban J connectivity index is 1.04. The zero-order valence-corrected chi connectivity index (χ0v) is 30.8. The molecule has 0 aliphatic heterocycles. The number of hydrogen-bond acceptors (Lipinski definition) is 2. The van der Waals surface area contributed by atoms with Crippen LogP contribution in [0.1, 0.15) is 86.5 Å². The smallest absolute Gasteiger partial charge is 0.160 e. The van der Waals surface area contributed by atoms with Gasteiger partial charge >= 0.3 is 0 Å². The van der Waals surface area contributed by atoms with Crippen LogP contribution in [0, 0.1) is 0 Å². The lowest BCUT2D eigenvalue weighted by atomic mass is 9.66. The Morgan fingerprint density at radius 1 is 0.315 bits per heavy atom. The monoisotopic (exact) mass is 696 g/mol. The molecule has 0 amide bonds. The van der Waals surface area contributed by atoms with Crippen LogP contribution < -0.4 is 0 Å². The van der Waals surface area contributed by atoms with Gasteiger partial charge in [0.15, 0.2) is 5.82 Å². The van der Waals surface area contributed by atoms with Gasteiger partial charge in [-0.25, -0.2) is 9.97 Å². The normalized spacial score (nSPS) is 17.2. The summed E-state index contributed by atoms with van der Waals surface area (Å²) in [7, 11) is 0. The van der Waals surface area contributed by atoms with Crippen LogP contribution in [0.25, 0.3) is 67.3 Å². The highest BCUT2D eigenvalue weighted by Crippen LogP contribution is 2.62. The van der Waals surface area contributed by atoms with Crippen molar-refractivity contribution in [2.24, 2.45) is 0 Å². The standard InChI is InChI=1S/C52H44N2/c1-5-16-35(17-6-1)48-34-49(54-50(53-48)36-18-7-2-8-19-36)39-21-15-20-37(30-39)38-24-25-41-43-33-46-42(32-47(43)52(45(41)31-38)28-13-4-14-29-52)40-22-9-10-23-44(40)51(46)26-11-3-12-27-51/h1-2,5-10,15-25,30-34H,3-4,11-14,26-29H2. The molecule has 4 aliphatic carbocycles. The fourth-order valence-corrected chi connectivity index (χ4v) is 10.9. The molecule has 0 unspecified atom stereocenters.